The van der Waals surface area contributed by atoms with Crippen LogP contribution in [0.15, 0.2) is 24.4 Å². The van der Waals surface area contributed by atoms with Gasteiger partial charge in [-0.05, 0) is 56.4 Å². The topological polar surface area (TPSA) is 175 Å². The van der Waals surface area contributed by atoms with Crippen LogP contribution in [-0.2, 0) is 16.6 Å². The molecule has 0 radical (unpaired) electrons. The Morgan fingerprint density at radius 2 is 2.00 bits per heavy atom. The van der Waals surface area contributed by atoms with Gasteiger partial charge in [0.25, 0.3) is 5.91 Å². The number of anilines is 2. The van der Waals surface area contributed by atoms with Gasteiger partial charge < -0.3 is 20.8 Å². The number of carbonyl (C=O) groups is 1. The Morgan fingerprint density at radius 1 is 1.27 bits per heavy atom. The predicted octanol–water partition coefficient (Wildman–Crippen LogP) is 1.07. The molecule has 0 saturated heterocycles. The van der Waals surface area contributed by atoms with Gasteiger partial charge in [-0.15, -0.1) is 5.10 Å². The van der Waals surface area contributed by atoms with Crippen LogP contribution in [0.2, 0.25) is 0 Å². The van der Waals surface area contributed by atoms with Crippen molar-refractivity contribution < 1.29 is 23.4 Å². The van der Waals surface area contributed by atoms with Gasteiger partial charge in [-0.2, -0.15) is 0 Å². The molecule has 1 aliphatic heterocycles. The number of benzene rings is 1. The minimum atomic E-state index is -3.66. The van der Waals surface area contributed by atoms with E-state index in [-0.39, 0.29) is 35.6 Å². The van der Waals surface area contributed by atoms with Crippen molar-refractivity contribution in [3.63, 3.8) is 0 Å². The third-order valence-corrected chi connectivity index (χ3v) is 7.55. The SMILES string of the molecule is C[C@H](CO)NC(O)c1c(N)nn2ccc(-c3cc4c(c(NS(C)(=O)=O)c3)C(=O)N([C@@H](C)C3CC3)C4)nc12. The van der Waals surface area contributed by atoms with Gasteiger partial charge in [-0.1, -0.05) is 0 Å². The highest BCUT2D eigenvalue weighted by Crippen LogP contribution is 2.41. The first-order valence-corrected chi connectivity index (χ1v) is 14.0. The number of nitrogens with two attached hydrogens (primary N) is 1. The van der Waals surface area contributed by atoms with Gasteiger partial charge >= 0.3 is 0 Å². The van der Waals surface area contributed by atoms with E-state index >= 15 is 0 Å². The Morgan fingerprint density at radius 3 is 2.65 bits per heavy atom. The molecule has 3 atom stereocenters. The van der Waals surface area contributed by atoms with E-state index in [4.69, 9.17) is 5.73 Å². The van der Waals surface area contributed by atoms with Crippen LogP contribution in [0.5, 0.6) is 0 Å². The lowest BCUT2D eigenvalue weighted by Gasteiger charge is -2.24. The van der Waals surface area contributed by atoms with E-state index in [1.165, 1.54) is 4.52 Å². The number of amides is 1. The fourth-order valence-corrected chi connectivity index (χ4v) is 5.42. The summed E-state index contributed by atoms with van der Waals surface area (Å²) in [5.41, 5.74) is 8.99. The summed E-state index contributed by atoms with van der Waals surface area (Å²) in [6.07, 6.45) is 3.63. The molecule has 1 aromatic carbocycles. The normalized spacial score (nSPS) is 18.2. The molecule has 12 nitrogen and oxygen atoms in total. The molecule has 3 heterocycles. The van der Waals surface area contributed by atoms with Crippen LogP contribution >= 0.6 is 0 Å². The zero-order valence-corrected chi connectivity index (χ0v) is 21.7. The lowest BCUT2D eigenvalue weighted by molar-refractivity contribution is 0.0698. The summed E-state index contributed by atoms with van der Waals surface area (Å²) in [6, 6.07) is 4.82. The van der Waals surface area contributed by atoms with Gasteiger partial charge in [0.2, 0.25) is 10.0 Å². The number of sulfonamides is 1. The number of nitrogens with one attached hydrogen (secondary N) is 2. The number of fused-ring (bicyclic) bond motifs is 2. The highest BCUT2D eigenvalue weighted by Gasteiger charge is 2.40. The van der Waals surface area contributed by atoms with Crippen molar-refractivity contribution in [2.24, 2.45) is 5.92 Å². The highest BCUT2D eigenvalue weighted by molar-refractivity contribution is 7.92. The molecule has 5 rings (SSSR count). The van der Waals surface area contributed by atoms with Gasteiger partial charge in [-0.3, -0.25) is 14.8 Å². The molecule has 1 unspecified atom stereocenters. The lowest BCUT2D eigenvalue weighted by atomic mass is 10.0. The molecule has 1 aliphatic carbocycles. The molecule has 1 fully saturated rings. The second kappa shape index (κ2) is 9.24. The zero-order chi connectivity index (χ0) is 26.6. The smallest absolute Gasteiger partial charge is 0.256 e. The summed E-state index contributed by atoms with van der Waals surface area (Å²) in [5, 5.41) is 27.1. The molecular formula is C24H31N7O5S. The van der Waals surface area contributed by atoms with E-state index in [1.807, 2.05) is 13.0 Å². The largest absolute Gasteiger partial charge is 0.395 e. The predicted molar refractivity (Wildman–Crippen MR) is 138 cm³/mol. The van der Waals surface area contributed by atoms with Crippen LogP contribution in [0, 0.1) is 5.92 Å². The van der Waals surface area contributed by atoms with Crippen LogP contribution < -0.4 is 15.8 Å². The molecule has 0 bridgehead atoms. The van der Waals surface area contributed by atoms with E-state index in [0.717, 1.165) is 24.7 Å². The van der Waals surface area contributed by atoms with E-state index in [1.54, 1.807) is 30.2 Å². The van der Waals surface area contributed by atoms with Crippen LogP contribution in [0.4, 0.5) is 11.5 Å². The van der Waals surface area contributed by atoms with E-state index in [9.17, 15) is 23.4 Å². The van der Waals surface area contributed by atoms with Crippen LogP contribution in [-0.4, -0.2) is 69.0 Å². The van der Waals surface area contributed by atoms with Gasteiger partial charge in [0.1, 0.15) is 6.23 Å². The average Bonchev–Trinajstić information content (AvgIpc) is 3.54. The molecule has 37 heavy (non-hydrogen) atoms. The lowest BCUT2D eigenvalue weighted by Crippen LogP contribution is -2.34. The zero-order valence-electron chi connectivity index (χ0n) is 20.8. The van der Waals surface area contributed by atoms with Crippen LogP contribution in [0.3, 0.4) is 0 Å². The number of nitrogens with zero attached hydrogens (tertiary/aromatic N) is 4. The van der Waals surface area contributed by atoms with E-state index < -0.39 is 22.3 Å². The number of aromatic nitrogens is 3. The minimum absolute atomic E-state index is 0.0662. The minimum Gasteiger partial charge on any atom is -0.395 e. The van der Waals surface area contributed by atoms with E-state index in [2.05, 4.69) is 20.1 Å². The number of carbonyl (C=O) groups excluding carboxylic acids is 1. The Hall–Kier alpha value is -3.26. The average molecular weight is 530 g/mol. The van der Waals surface area contributed by atoms with Crippen molar-refractivity contribution in [3.8, 4) is 11.3 Å². The molecule has 2 aromatic heterocycles. The summed E-state index contributed by atoms with van der Waals surface area (Å²) in [6.45, 7) is 3.94. The maximum Gasteiger partial charge on any atom is 0.256 e. The molecule has 13 heteroatoms. The summed E-state index contributed by atoms with van der Waals surface area (Å²) >= 11 is 0. The van der Waals surface area contributed by atoms with Crippen LogP contribution in [0.25, 0.3) is 16.9 Å². The summed E-state index contributed by atoms with van der Waals surface area (Å²) < 4.78 is 28.3. The number of rotatable bonds is 9. The van der Waals surface area contributed by atoms with Crippen molar-refractivity contribution in [1.29, 1.82) is 0 Å². The molecule has 198 valence electrons. The Balaban J connectivity index is 1.59. The van der Waals surface area contributed by atoms with Gasteiger partial charge in [0.05, 0.1) is 35.4 Å². The van der Waals surface area contributed by atoms with Gasteiger partial charge in [0, 0.05) is 30.4 Å². The molecule has 2 aliphatic rings. The van der Waals surface area contributed by atoms with Crippen molar-refractivity contribution in [3.05, 3.63) is 41.1 Å². The second-order valence-electron chi connectivity index (χ2n) is 9.98. The molecule has 1 amide bonds. The number of hydrogen-bond acceptors (Lipinski definition) is 9. The highest BCUT2D eigenvalue weighted by atomic mass is 32.2. The maximum atomic E-state index is 13.3. The Bertz CT molecular complexity index is 1480. The third kappa shape index (κ3) is 4.87. The monoisotopic (exact) mass is 529 g/mol. The molecule has 3 aromatic rings. The first-order chi connectivity index (χ1) is 17.5. The van der Waals surface area contributed by atoms with E-state index in [0.29, 0.717) is 34.9 Å². The van der Waals surface area contributed by atoms with Crippen molar-refractivity contribution in [2.75, 3.05) is 23.3 Å². The second-order valence-corrected chi connectivity index (χ2v) is 11.7. The first-order valence-electron chi connectivity index (χ1n) is 12.1. The van der Waals surface area contributed by atoms with Crippen LogP contribution in [0.1, 0.15) is 54.4 Å². The van der Waals surface area contributed by atoms with Crippen molar-refractivity contribution >= 4 is 33.1 Å². The van der Waals surface area contributed by atoms with Gasteiger partial charge in [-0.25, -0.2) is 17.9 Å². The Labute approximate surface area is 214 Å². The standard InChI is InChI=1S/C24H31N7O5S/c1-12(11-32)26-23(33)20-21(25)28-31-7-6-17(27-22(20)31)15-8-16-10-30(13(2)14-4-5-14)24(34)19(16)18(9-15)29-37(3,35)36/h6-9,12-14,23,26,29,32-33H,4-5,10-11H2,1-3H3,(H2,25,28)/t12-,13+,23?/m1/s1. The number of aliphatic hydroxyl groups excluding tert-OH is 2. The molecule has 6 N–H and O–H groups in total. The first kappa shape index (κ1) is 25.4. The fourth-order valence-electron chi connectivity index (χ4n) is 4.86. The van der Waals surface area contributed by atoms with Gasteiger partial charge in [0.15, 0.2) is 11.5 Å². The summed E-state index contributed by atoms with van der Waals surface area (Å²) in [7, 11) is -3.66. The quantitative estimate of drug-likeness (QED) is 0.254. The fraction of sp³-hybridized carbons (Fsp3) is 0.458. The summed E-state index contributed by atoms with van der Waals surface area (Å²) in [5.74, 6) is 0.361. The summed E-state index contributed by atoms with van der Waals surface area (Å²) in [4.78, 5) is 19.8. The number of hydrogen-bond donors (Lipinski definition) is 5. The molecular weight excluding hydrogens is 498 g/mol. The Kier molecular flexibility index (Phi) is 6.34. The third-order valence-electron chi connectivity index (χ3n) is 6.96. The number of aliphatic hydroxyl groups is 2. The molecule has 0 spiro atoms. The van der Waals surface area contributed by atoms with Crippen molar-refractivity contribution in [2.45, 2.75) is 51.5 Å². The number of nitrogen functional groups attached to an aromatic ring is 1. The van der Waals surface area contributed by atoms with Crippen molar-refractivity contribution in [1.82, 2.24) is 24.8 Å². The maximum absolute atomic E-state index is 13.3. The molecule has 1 saturated carbocycles.